The Labute approximate surface area is 112 Å². The fraction of sp³-hybridized carbons (Fsp3) is 0.286. The Hall–Kier alpha value is -2.30. The standard InChI is InChI=1S/C14H18N4O/c1-9-10(2)18(8-16-9)13-7-11(15)5-6-12(13)14(19)17(3)4/h5-8H,15H2,1-4H3. The molecule has 0 aliphatic heterocycles. The predicted octanol–water partition coefficient (Wildman–Crippen LogP) is 1.77. The molecule has 1 aromatic heterocycles. The number of hydrogen-bond acceptors (Lipinski definition) is 3. The van der Waals surface area contributed by atoms with Crippen LogP contribution in [0.25, 0.3) is 5.69 Å². The van der Waals surface area contributed by atoms with Gasteiger partial charge in [0, 0.05) is 25.5 Å². The second-order valence-corrected chi connectivity index (χ2v) is 4.76. The number of nitrogens with zero attached hydrogens (tertiary/aromatic N) is 3. The van der Waals surface area contributed by atoms with E-state index in [1.807, 2.05) is 18.4 Å². The van der Waals surface area contributed by atoms with Crippen LogP contribution in [0.15, 0.2) is 24.5 Å². The Balaban J connectivity index is 2.65. The number of carbonyl (C=O) groups excluding carboxylic acids is 1. The third-order valence-electron chi connectivity index (χ3n) is 3.17. The zero-order valence-corrected chi connectivity index (χ0v) is 11.6. The Morgan fingerprint density at radius 2 is 2.00 bits per heavy atom. The van der Waals surface area contributed by atoms with Crippen LogP contribution in [0.3, 0.4) is 0 Å². The number of imidazole rings is 1. The van der Waals surface area contributed by atoms with E-state index in [1.165, 1.54) is 0 Å². The predicted molar refractivity (Wildman–Crippen MR) is 75.5 cm³/mol. The van der Waals surface area contributed by atoms with E-state index in [9.17, 15) is 4.79 Å². The Kier molecular flexibility index (Phi) is 3.29. The first kappa shape index (κ1) is 13.1. The maximum absolute atomic E-state index is 12.2. The molecule has 0 saturated carbocycles. The molecule has 0 aliphatic rings. The number of aromatic nitrogens is 2. The summed E-state index contributed by atoms with van der Waals surface area (Å²) in [5.74, 6) is -0.0549. The summed E-state index contributed by atoms with van der Waals surface area (Å²) in [6.07, 6.45) is 1.71. The van der Waals surface area contributed by atoms with Gasteiger partial charge in [0.2, 0.25) is 0 Å². The van der Waals surface area contributed by atoms with Gasteiger partial charge in [-0.1, -0.05) is 0 Å². The van der Waals surface area contributed by atoms with Crippen LogP contribution in [0.5, 0.6) is 0 Å². The molecule has 0 radical (unpaired) electrons. The lowest BCUT2D eigenvalue weighted by Crippen LogP contribution is -2.23. The third-order valence-corrected chi connectivity index (χ3v) is 3.17. The molecule has 0 atom stereocenters. The second kappa shape index (κ2) is 4.76. The summed E-state index contributed by atoms with van der Waals surface area (Å²) in [6.45, 7) is 3.90. The van der Waals surface area contributed by atoms with Crippen LogP contribution >= 0.6 is 0 Å². The summed E-state index contributed by atoms with van der Waals surface area (Å²) in [6, 6.07) is 5.28. The highest BCUT2D eigenvalue weighted by Crippen LogP contribution is 2.22. The van der Waals surface area contributed by atoms with Crippen molar-refractivity contribution in [2.24, 2.45) is 0 Å². The van der Waals surface area contributed by atoms with E-state index in [0.29, 0.717) is 11.3 Å². The maximum atomic E-state index is 12.2. The van der Waals surface area contributed by atoms with Gasteiger partial charge in [0.25, 0.3) is 5.91 Å². The summed E-state index contributed by atoms with van der Waals surface area (Å²) < 4.78 is 1.89. The lowest BCUT2D eigenvalue weighted by molar-refractivity contribution is 0.0827. The first-order valence-electron chi connectivity index (χ1n) is 6.04. The van der Waals surface area contributed by atoms with Gasteiger partial charge in [0.1, 0.15) is 0 Å². The molecule has 2 aromatic rings. The highest BCUT2D eigenvalue weighted by atomic mass is 16.2. The molecular weight excluding hydrogens is 240 g/mol. The van der Waals surface area contributed by atoms with E-state index in [0.717, 1.165) is 17.1 Å². The lowest BCUT2D eigenvalue weighted by atomic mass is 10.1. The topological polar surface area (TPSA) is 64.2 Å². The molecule has 2 N–H and O–H groups in total. The number of aryl methyl sites for hydroxylation is 1. The van der Waals surface area contributed by atoms with Crippen LogP contribution in [0.2, 0.25) is 0 Å². The summed E-state index contributed by atoms with van der Waals surface area (Å²) in [5, 5.41) is 0. The molecule has 0 bridgehead atoms. The van der Waals surface area contributed by atoms with Crippen LogP contribution in [-0.4, -0.2) is 34.5 Å². The molecule has 100 valence electrons. The number of rotatable bonds is 2. The molecule has 2 rings (SSSR count). The summed E-state index contributed by atoms with van der Waals surface area (Å²) in [5.41, 5.74) is 9.77. The van der Waals surface area contributed by atoms with Crippen LogP contribution in [-0.2, 0) is 0 Å². The van der Waals surface area contributed by atoms with Gasteiger partial charge in [0.05, 0.1) is 23.3 Å². The van der Waals surface area contributed by atoms with Crippen molar-refractivity contribution >= 4 is 11.6 Å². The number of carbonyl (C=O) groups is 1. The smallest absolute Gasteiger partial charge is 0.255 e. The van der Waals surface area contributed by atoms with E-state index in [4.69, 9.17) is 5.73 Å². The minimum atomic E-state index is -0.0549. The average molecular weight is 258 g/mol. The minimum absolute atomic E-state index is 0.0549. The quantitative estimate of drug-likeness (QED) is 0.835. The molecule has 0 fully saturated rings. The van der Waals surface area contributed by atoms with E-state index in [2.05, 4.69) is 4.98 Å². The van der Waals surface area contributed by atoms with Gasteiger partial charge in [-0.2, -0.15) is 0 Å². The Morgan fingerprint density at radius 3 is 2.53 bits per heavy atom. The summed E-state index contributed by atoms with van der Waals surface area (Å²) >= 11 is 0. The van der Waals surface area contributed by atoms with Crippen molar-refractivity contribution in [2.45, 2.75) is 13.8 Å². The number of nitrogens with two attached hydrogens (primary N) is 1. The Morgan fingerprint density at radius 1 is 1.32 bits per heavy atom. The van der Waals surface area contributed by atoms with Crippen molar-refractivity contribution in [3.8, 4) is 5.69 Å². The molecule has 5 nitrogen and oxygen atoms in total. The molecule has 19 heavy (non-hydrogen) atoms. The van der Waals surface area contributed by atoms with Gasteiger partial charge in [-0.3, -0.25) is 4.79 Å². The summed E-state index contributed by atoms with van der Waals surface area (Å²) in [7, 11) is 3.46. The lowest BCUT2D eigenvalue weighted by Gasteiger charge is -2.16. The van der Waals surface area contributed by atoms with E-state index >= 15 is 0 Å². The number of anilines is 1. The molecule has 1 heterocycles. The molecule has 0 spiro atoms. The zero-order chi connectivity index (χ0) is 14.2. The molecule has 0 unspecified atom stereocenters. The summed E-state index contributed by atoms with van der Waals surface area (Å²) in [4.78, 5) is 18.0. The molecule has 5 heteroatoms. The van der Waals surface area contributed by atoms with Crippen molar-refractivity contribution in [1.29, 1.82) is 0 Å². The van der Waals surface area contributed by atoms with Crippen molar-refractivity contribution < 1.29 is 4.79 Å². The van der Waals surface area contributed by atoms with Crippen LogP contribution in [0, 0.1) is 13.8 Å². The van der Waals surface area contributed by atoms with Gasteiger partial charge in [-0.15, -0.1) is 0 Å². The maximum Gasteiger partial charge on any atom is 0.255 e. The van der Waals surface area contributed by atoms with Crippen LogP contribution < -0.4 is 5.73 Å². The van der Waals surface area contributed by atoms with Gasteiger partial charge in [0.15, 0.2) is 0 Å². The highest BCUT2D eigenvalue weighted by molar-refractivity contribution is 5.98. The number of nitrogen functional groups attached to an aromatic ring is 1. The van der Waals surface area contributed by atoms with Gasteiger partial charge < -0.3 is 15.2 Å². The van der Waals surface area contributed by atoms with E-state index in [1.54, 1.807) is 43.5 Å². The van der Waals surface area contributed by atoms with Gasteiger partial charge in [-0.25, -0.2) is 4.98 Å². The van der Waals surface area contributed by atoms with E-state index < -0.39 is 0 Å². The average Bonchev–Trinajstić information content (AvgIpc) is 2.69. The zero-order valence-electron chi connectivity index (χ0n) is 11.6. The van der Waals surface area contributed by atoms with Crippen molar-refractivity contribution in [1.82, 2.24) is 14.5 Å². The van der Waals surface area contributed by atoms with Crippen LogP contribution in [0.4, 0.5) is 5.69 Å². The molecule has 1 aromatic carbocycles. The van der Waals surface area contributed by atoms with Crippen molar-refractivity contribution in [3.63, 3.8) is 0 Å². The van der Waals surface area contributed by atoms with Gasteiger partial charge >= 0.3 is 0 Å². The first-order valence-corrected chi connectivity index (χ1v) is 6.04. The van der Waals surface area contributed by atoms with E-state index in [-0.39, 0.29) is 5.91 Å². The normalized spacial score (nSPS) is 10.5. The largest absolute Gasteiger partial charge is 0.399 e. The molecule has 0 saturated heterocycles. The van der Waals surface area contributed by atoms with Crippen molar-refractivity contribution in [3.05, 3.63) is 41.5 Å². The fourth-order valence-corrected chi connectivity index (χ4v) is 1.91. The second-order valence-electron chi connectivity index (χ2n) is 4.76. The molecule has 1 amide bonds. The fourth-order valence-electron chi connectivity index (χ4n) is 1.91. The van der Waals surface area contributed by atoms with Crippen molar-refractivity contribution in [2.75, 3.05) is 19.8 Å². The first-order chi connectivity index (χ1) is 8.91. The number of amides is 1. The highest BCUT2D eigenvalue weighted by Gasteiger charge is 2.16. The number of benzene rings is 1. The Bertz CT molecular complexity index is 628. The molecular formula is C14H18N4O. The third kappa shape index (κ3) is 2.31. The van der Waals surface area contributed by atoms with Gasteiger partial charge in [-0.05, 0) is 32.0 Å². The SMILES string of the molecule is Cc1ncn(-c2cc(N)ccc2C(=O)N(C)C)c1C. The molecule has 0 aliphatic carbocycles. The van der Waals surface area contributed by atoms with Crippen LogP contribution in [0.1, 0.15) is 21.7 Å². The minimum Gasteiger partial charge on any atom is -0.399 e. The number of hydrogen-bond donors (Lipinski definition) is 1. The monoisotopic (exact) mass is 258 g/mol.